The number of amides is 1. The minimum absolute atomic E-state index is 0.0898. The van der Waals surface area contributed by atoms with Gasteiger partial charge in [-0.05, 0) is 31.2 Å². The molecule has 1 unspecified atom stereocenters. The second kappa shape index (κ2) is 7.12. The first-order chi connectivity index (χ1) is 10.1. The maximum atomic E-state index is 12.1. The van der Waals surface area contributed by atoms with Crippen molar-refractivity contribution in [2.24, 2.45) is 0 Å². The van der Waals surface area contributed by atoms with Gasteiger partial charge < -0.3 is 10.1 Å². The fourth-order valence-electron chi connectivity index (χ4n) is 1.62. The van der Waals surface area contributed by atoms with Crippen LogP contribution < -0.4 is 10.1 Å². The third-order valence-corrected chi connectivity index (χ3v) is 3.82. The van der Waals surface area contributed by atoms with Gasteiger partial charge in [-0.2, -0.15) is 0 Å². The molecular weight excluding hydrogens is 288 g/mol. The molecule has 0 saturated heterocycles. The van der Waals surface area contributed by atoms with Crippen LogP contribution in [0.25, 0.3) is 0 Å². The zero-order valence-electron chi connectivity index (χ0n) is 12.2. The number of benzene rings is 1. The summed E-state index contributed by atoms with van der Waals surface area (Å²) >= 11 is 1.32. The van der Waals surface area contributed by atoms with Crippen molar-refractivity contribution in [1.82, 2.24) is 15.2 Å². The van der Waals surface area contributed by atoms with Gasteiger partial charge in [0.15, 0.2) is 0 Å². The minimum atomic E-state index is -0.285. The van der Waals surface area contributed by atoms with E-state index >= 15 is 0 Å². The lowest BCUT2D eigenvalue weighted by Crippen LogP contribution is -2.22. The number of H-pyrrole nitrogens is 1. The van der Waals surface area contributed by atoms with Crippen LogP contribution in [0, 0.1) is 0 Å². The van der Waals surface area contributed by atoms with Crippen LogP contribution in [0.4, 0.5) is 5.69 Å². The average molecular weight is 306 g/mol. The molecule has 0 aliphatic heterocycles. The fourth-order valence-corrected chi connectivity index (χ4v) is 2.36. The van der Waals surface area contributed by atoms with Crippen molar-refractivity contribution < 1.29 is 9.53 Å². The topological polar surface area (TPSA) is 79.9 Å². The molecule has 1 aromatic carbocycles. The lowest BCUT2D eigenvalue weighted by molar-refractivity contribution is -0.115. The van der Waals surface area contributed by atoms with Crippen LogP contribution in [0.15, 0.2) is 29.4 Å². The molecule has 2 rings (SSSR count). The SMILES string of the molecule is CCc1nc(SC(C)C(=O)Nc2ccc(OC)cc2)n[nH]1. The highest BCUT2D eigenvalue weighted by Crippen LogP contribution is 2.21. The summed E-state index contributed by atoms with van der Waals surface area (Å²) in [7, 11) is 1.60. The highest BCUT2D eigenvalue weighted by atomic mass is 32.2. The van der Waals surface area contributed by atoms with Gasteiger partial charge in [0.25, 0.3) is 0 Å². The fraction of sp³-hybridized carbons (Fsp3) is 0.357. The maximum Gasteiger partial charge on any atom is 0.237 e. The number of carbonyl (C=O) groups excluding carboxylic acids is 1. The molecular formula is C14H18N4O2S. The molecule has 0 saturated carbocycles. The summed E-state index contributed by atoms with van der Waals surface area (Å²) in [5, 5.41) is 10.1. The van der Waals surface area contributed by atoms with Gasteiger partial charge in [-0.3, -0.25) is 9.89 Å². The Labute approximate surface area is 127 Å². The standard InChI is InChI=1S/C14H18N4O2S/c1-4-12-16-14(18-17-12)21-9(2)13(19)15-10-5-7-11(20-3)8-6-10/h5-9H,4H2,1-3H3,(H,15,19)(H,16,17,18). The van der Waals surface area contributed by atoms with Crippen LogP contribution in [-0.2, 0) is 11.2 Å². The summed E-state index contributed by atoms with van der Waals surface area (Å²) in [6, 6.07) is 7.21. The average Bonchev–Trinajstić information content (AvgIpc) is 2.95. The van der Waals surface area contributed by atoms with Crippen LogP contribution >= 0.6 is 11.8 Å². The Morgan fingerprint density at radius 3 is 2.71 bits per heavy atom. The number of methoxy groups -OCH3 is 1. The molecule has 0 bridgehead atoms. The molecule has 0 aliphatic rings. The summed E-state index contributed by atoms with van der Waals surface area (Å²) in [4.78, 5) is 16.4. The van der Waals surface area contributed by atoms with Crippen molar-refractivity contribution in [1.29, 1.82) is 0 Å². The molecule has 6 nitrogen and oxygen atoms in total. The number of nitrogens with zero attached hydrogens (tertiary/aromatic N) is 2. The largest absolute Gasteiger partial charge is 0.497 e. The number of anilines is 1. The molecule has 1 heterocycles. The normalized spacial score (nSPS) is 12.0. The van der Waals surface area contributed by atoms with E-state index in [0.29, 0.717) is 5.16 Å². The van der Waals surface area contributed by atoms with Crippen LogP contribution in [0.5, 0.6) is 5.75 Å². The molecule has 0 fully saturated rings. The van der Waals surface area contributed by atoms with Crippen LogP contribution in [-0.4, -0.2) is 33.4 Å². The van der Waals surface area contributed by atoms with Crippen molar-refractivity contribution in [2.45, 2.75) is 30.7 Å². The van der Waals surface area contributed by atoms with Crippen LogP contribution in [0.3, 0.4) is 0 Å². The first kappa shape index (κ1) is 15.4. The van der Waals surface area contributed by atoms with Gasteiger partial charge >= 0.3 is 0 Å². The lowest BCUT2D eigenvalue weighted by atomic mass is 10.3. The summed E-state index contributed by atoms with van der Waals surface area (Å²) in [6.45, 7) is 3.82. The van der Waals surface area contributed by atoms with E-state index in [4.69, 9.17) is 4.74 Å². The monoisotopic (exact) mass is 306 g/mol. The molecule has 21 heavy (non-hydrogen) atoms. The Bertz CT molecular complexity index is 597. The van der Waals surface area contributed by atoms with Crippen molar-refractivity contribution in [3.05, 3.63) is 30.1 Å². The molecule has 112 valence electrons. The molecule has 0 spiro atoms. The maximum absolute atomic E-state index is 12.1. The number of aromatic amines is 1. The number of hydrogen-bond acceptors (Lipinski definition) is 5. The Morgan fingerprint density at radius 2 is 2.14 bits per heavy atom. The minimum Gasteiger partial charge on any atom is -0.497 e. The van der Waals surface area contributed by atoms with E-state index in [1.54, 1.807) is 31.4 Å². The summed E-state index contributed by atoms with van der Waals surface area (Å²) < 4.78 is 5.08. The molecule has 0 aliphatic carbocycles. The highest BCUT2D eigenvalue weighted by Gasteiger charge is 2.17. The summed E-state index contributed by atoms with van der Waals surface area (Å²) in [5.74, 6) is 1.48. The number of nitrogens with one attached hydrogen (secondary N) is 2. The van der Waals surface area contributed by atoms with Crippen molar-refractivity contribution >= 4 is 23.4 Å². The zero-order valence-corrected chi connectivity index (χ0v) is 13.0. The number of ether oxygens (including phenoxy) is 1. The van der Waals surface area contributed by atoms with Gasteiger partial charge in [-0.25, -0.2) is 4.98 Å². The van der Waals surface area contributed by atoms with E-state index in [9.17, 15) is 4.79 Å². The predicted molar refractivity (Wildman–Crippen MR) is 82.7 cm³/mol. The van der Waals surface area contributed by atoms with Crippen LogP contribution in [0.1, 0.15) is 19.7 Å². The second-order valence-corrected chi connectivity index (χ2v) is 5.70. The van der Waals surface area contributed by atoms with Gasteiger partial charge in [0.1, 0.15) is 11.6 Å². The molecule has 7 heteroatoms. The van der Waals surface area contributed by atoms with E-state index in [-0.39, 0.29) is 11.2 Å². The third-order valence-electron chi connectivity index (χ3n) is 2.86. The first-order valence-electron chi connectivity index (χ1n) is 6.65. The highest BCUT2D eigenvalue weighted by molar-refractivity contribution is 8.00. The third kappa shape index (κ3) is 4.22. The molecule has 1 amide bonds. The van der Waals surface area contributed by atoms with Crippen molar-refractivity contribution in [3.8, 4) is 5.75 Å². The van der Waals surface area contributed by atoms with E-state index in [0.717, 1.165) is 23.7 Å². The quantitative estimate of drug-likeness (QED) is 0.802. The van der Waals surface area contributed by atoms with Gasteiger partial charge in [0.2, 0.25) is 11.1 Å². The first-order valence-corrected chi connectivity index (χ1v) is 7.53. The van der Waals surface area contributed by atoms with Gasteiger partial charge in [0, 0.05) is 12.1 Å². The molecule has 1 atom stereocenters. The van der Waals surface area contributed by atoms with Gasteiger partial charge in [-0.1, -0.05) is 18.7 Å². The molecule has 1 aromatic heterocycles. The van der Waals surface area contributed by atoms with Crippen molar-refractivity contribution in [3.63, 3.8) is 0 Å². The van der Waals surface area contributed by atoms with Gasteiger partial charge in [-0.15, -0.1) is 5.10 Å². The predicted octanol–water partition coefficient (Wildman–Crippen LogP) is 2.50. The summed E-state index contributed by atoms with van der Waals surface area (Å²) in [5.41, 5.74) is 0.734. The van der Waals surface area contributed by atoms with Gasteiger partial charge in [0.05, 0.1) is 12.4 Å². The smallest absolute Gasteiger partial charge is 0.237 e. The van der Waals surface area contributed by atoms with E-state index < -0.39 is 0 Å². The number of hydrogen-bond donors (Lipinski definition) is 2. The Morgan fingerprint density at radius 1 is 1.43 bits per heavy atom. The molecule has 2 aromatic rings. The Hall–Kier alpha value is -2.02. The molecule has 0 radical (unpaired) electrons. The molecule has 2 N–H and O–H groups in total. The number of carbonyl (C=O) groups is 1. The lowest BCUT2D eigenvalue weighted by Gasteiger charge is -2.10. The second-order valence-electron chi connectivity index (χ2n) is 4.40. The van der Waals surface area contributed by atoms with E-state index in [1.165, 1.54) is 11.8 Å². The number of thioether (sulfide) groups is 1. The van der Waals surface area contributed by atoms with Crippen molar-refractivity contribution in [2.75, 3.05) is 12.4 Å². The number of aryl methyl sites for hydroxylation is 1. The van der Waals surface area contributed by atoms with Crippen LogP contribution in [0.2, 0.25) is 0 Å². The zero-order chi connectivity index (χ0) is 15.2. The van der Waals surface area contributed by atoms with E-state index in [1.807, 2.05) is 13.8 Å². The number of aromatic nitrogens is 3. The summed E-state index contributed by atoms with van der Waals surface area (Å²) in [6.07, 6.45) is 0.792. The van der Waals surface area contributed by atoms with E-state index in [2.05, 4.69) is 20.5 Å². The Balaban J connectivity index is 1.92. The number of rotatable bonds is 6. The Kier molecular flexibility index (Phi) is 5.21.